The average molecular weight is 351 g/mol. The number of carbonyl (C=O) groups excluding carboxylic acids is 1. The van der Waals surface area contributed by atoms with Gasteiger partial charge in [0.05, 0.1) is 0 Å². The summed E-state index contributed by atoms with van der Waals surface area (Å²) in [5.74, 6) is -0.346. The van der Waals surface area contributed by atoms with Gasteiger partial charge in [0, 0.05) is 11.4 Å². The molecule has 0 bridgehead atoms. The zero-order valence-corrected chi connectivity index (χ0v) is 14.4. The van der Waals surface area contributed by atoms with E-state index in [-0.39, 0.29) is 17.0 Å². The lowest BCUT2D eigenvalue weighted by molar-refractivity contribution is -0.120. The van der Waals surface area contributed by atoms with Crippen LogP contribution >= 0.6 is 11.8 Å². The third-order valence-corrected chi connectivity index (χ3v) is 4.98. The molecule has 3 rings (SSSR count). The molecular formula is C21H18FNOS. The van der Waals surface area contributed by atoms with Crippen molar-refractivity contribution >= 4 is 17.7 Å². The van der Waals surface area contributed by atoms with Crippen molar-refractivity contribution in [1.29, 1.82) is 0 Å². The van der Waals surface area contributed by atoms with Gasteiger partial charge in [-0.1, -0.05) is 60.7 Å². The fourth-order valence-corrected chi connectivity index (χ4v) is 3.49. The van der Waals surface area contributed by atoms with Crippen LogP contribution in [0.4, 0.5) is 4.39 Å². The monoisotopic (exact) mass is 351 g/mol. The number of thioether (sulfide) groups is 1. The van der Waals surface area contributed by atoms with Crippen molar-refractivity contribution in [3.05, 3.63) is 102 Å². The molecule has 0 spiro atoms. The summed E-state index contributed by atoms with van der Waals surface area (Å²) in [5, 5.41) is 2.61. The summed E-state index contributed by atoms with van der Waals surface area (Å²) in [6.45, 7) is 0.373. The van der Waals surface area contributed by atoms with E-state index in [1.807, 2.05) is 60.7 Å². The van der Waals surface area contributed by atoms with E-state index in [1.54, 1.807) is 12.1 Å². The number of carbonyl (C=O) groups is 1. The van der Waals surface area contributed by atoms with Crippen LogP contribution in [-0.2, 0) is 11.3 Å². The van der Waals surface area contributed by atoms with Crippen LogP contribution in [0.2, 0.25) is 0 Å². The molecule has 25 heavy (non-hydrogen) atoms. The highest BCUT2D eigenvalue weighted by molar-refractivity contribution is 8.00. The summed E-state index contributed by atoms with van der Waals surface area (Å²) in [7, 11) is 0. The van der Waals surface area contributed by atoms with Gasteiger partial charge < -0.3 is 5.32 Å². The van der Waals surface area contributed by atoms with Crippen molar-refractivity contribution in [3.63, 3.8) is 0 Å². The van der Waals surface area contributed by atoms with Gasteiger partial charge in [0.15, 0.2) is 0 Å². The molecule has 0 heterocycles. The third kappa shape index (κ3) is 4.94. The molecule has 4 heteroatoms. The molecule has 0 aliphatic carbocycles. The van der Waals surface area contributed by atoms with Gasteiger partial charge in [-0.25, -0.2) is 4.39 Å². The first kappa shape index (κ1) is 17.2. The Morgan fingerprint density at radius 3 is 2.12 bits per heavy atom. The largest absolute Gasteiger partial charge is 0.351 e. The molecule has 0 radical (unpaired) electrons. The first-order chi connectivity index (χ1) is 12.2. The molecule has 0 aliphatic rings. The first-order valence-corrected chi connectivity index (χ1v) is 8.89. The van der Waals surface area contributed by atoms with E-state index in [9.17, 15) is 9.18 Å². The smallest absolute Gasteiger partial charge is 0.238 e. The summed E-state index contributed by atoms with van der Waals surface area (Å²) in [6.07, 6.45) is 0. The molecule has 1 unspecified atom stereocenters. The van der Waals surface area contributed by atoms with Crippen LogP contribution in [0.5, 0.6) is 0 Å². The van der Waals surface area contributed by atoms with E-state index in [2.05, 4.69) is 5.32 Å². The third-order valence-electron chi connectivity index (χ3n) is 3.72. The highest BCUT2D eigenvalue weighted by Gasteiger charge is 2.21. The average Bonchev–Trinajstić information content (AvgIpc) is 2.67. The van der Waals surface area contributed by atoms with Gasteiger partial charge in [0.1, 0.15) is 11.1 Å². The van der Waals surface area contributed by atoms with Gasteiger partial charge in [-0.2, -0.15) is 0 Å². The van der Waals surface area contributed by atoms with Gasteiger partial charge in [0.2, 0.25) is 5.91 Å². The molecule has 3 aromatic carbocycles. The molecular weight excluding hydrogens is 333 g/mol. The zero-order chi connectivity index (χ0) is 17.5. The maximum absolute atomic E-state index is 13.0. The Bertz CT molecular complexity index is 806. The van der Waals surface area contributed by atoms with E-state index in [0.717, 1.165) is 16.0 Å². The first-order valence-electron chi connectivity index (χ1n) is 8.01. The van der Waals surface area contributed by atoms with Crippen molar-refractivity contribution in [2.24, 2.45) is 0 Å². The van der Waals surface area contributed by atoms with Crippen LogP contribution in [0.25, 0.3) is 0 Å². The second kappa shape index (κ2) is 8.49. The molecule has 0 aromatic heterocycles. The Morgan fingerprint density at radius 1 is 0.880 bits per heavy atom. The molecule has 0 saturated carbocycles. The Labute approximate surface area is 151 Å². The van der Waals surface area contributed by atoms with Crippen LogP contribution in [0, 0.1) is 5.82 Å². The van der Waals surface area contributed by atoms with Gasteiger partial charge in [-0.05, 0) is 35.4 Å². The minimum atomic E-state index is -0.343. The molecule has 3 aromatic rings. The van der Waals surface area contributed by atoms with Crippen LogP contribution in [0.1, 0.15) is 16.4 Å². The SMILES string of the molecule is O=C(NCc1ccc(F)cc1)C(Sc1ccccc1)c1ccccc1. The molecule has 0 fully saturated rings. The predicted molar refractivity (Wildman–Crippen MR) is 99.7 cm³/mol. The van der Waals surface area contributed by atoms with Crippen molar-refractivity contribution in [1.82, 2.24) is 5.32 Å². The van der Waals surface area contributed by atoms with Gasteiger partial charge in [0.25, 0.3) is 0 Å². The lowest BCUT2D eigenvalue weighted by Crippen LogP contribution is -2.27. The number of rotatable bonds is 6. The van der Waals surface area contributed by atoms with Crippen LogP contribution in [0.15, 0.2) is 89.8 Å². The highest BCUT2D eigenvalue weighted by atomic mass is 32.2. The topological polar surface area (TPSA) is 29.1 Å². The number of halogens is 1. The van der Waals surface area contributed by atoms with Crippen molar-refractivity contribution in [2.75, 3.05) is 0 Å². The minimum Gasteiger partial charge on any atom is -0.351 e. The molecule has 1 N–H and O–H groups in total. The van der Waals surface area contributed by atoms with Crippen LogP contribution in [-0.4, -0.2) is 5.91 Å². The number of benzene rings is 3. The summed E-state index contributed by atoms with van der Waals surface area (Å²) in [6, 6.07) is 25.7. The summed E-state index contributed by atoms with van der Waals surface area (Å²) < 4.78 is 13.0. The summed E-state index contributed by atoms with van der Waals surface area (Å²) in [5.41, 5.74) is 1.82. The van der Waals surface area contributed by atoms with Crippen molar-refractivity contribution in [2.45, 2.75) is 16.7 Å². The fraction of sp³-hybridized carbons (Fsp3) is 0.0952. The quantitative estimate of drug-likeness (QED) is 0.635. The van der Waals surface area contributed by atoms with E-state index in [4.69, 9.17) is 0 Å². The van der Waals surface area contributed by atoms with E-state index >= 15 is 0 Å². The summed E-state index contributed by atoms with van der Waals surface area (Å²) >= 11 is 1.52. The van der Waals surface area contributed by atoms with Crippen molar-refractivity contribution < 1.29 is 9.18 Å². The van der Waals surface area contributed by atoms with Gasteiger partial charge in [-0.3, -0.25) is 4.79 Å². The maximum atomic E-state index is 13.0. The number of hydrogen-bond donors (Lipinski definition) is 1. The van der Waals surface area contributed by atoms with Crippen LogP contribution in [0.3, 0.4) is 0 Å². The van der Waals surface area contributed by atoms with Gasteiger partial charge >= 0.3 is 0 Å². The standard InChI is InChI=1S/C21H18FNOS/c22-18-13-11-16(12-14-18)15-23-21(24)20(17-7-3-1-4-8-17)25-19-9-5-2-6-10-19/h1-14,20H,15H2,(H,23,24). The number of amides is 1. The number of hydrogen-bond acceptors (Lipinski definition) is 2. The molecule has 126 valence electrons. The lowest BCUT2D eigenvalue weighted by Gasteiger charge is -2.17. The highest BCUT2D eigenvalue weighted by Crippen LogP contribution is 2.35. The normalized spacial score (nSPS) is 11.7. The molecule has 0 aliphatic heterocycles. The van der Waals surface area contributed by atoms with Crippen LogP contribution < -0.4 is 5.32 Å². The lowest BCUT2D eigenvalue weighted by atomic mass is 10.1. The van der Waals surface area contributed by atoms with Crippen molar-refractivity contribution in [3.8, 4) is 0 Å². The molecule has 2 nitrogen and oxygen atoms in total. The van der Waals surface area contributed by atoms with E-state index < -0.39 is 0 Å². The second-order valence-corrected chi connectivity index (χ2v) is 6.74. The fourth-order valence-electron chi connectivity index (χ4n) is 2.42. The zero-order valence-electron chi connectivity index (χ0n) is 13.6. The minimum absolute atomic E-state index is 0.0654. The number of nitrogens with one attached hydrogen (secondary N) is 1. The molecule has 0 saturated heterocycles. The maximum Gasteiger partial charge on any atom is 0.238 e. The Hall–Kier alpha value is -2.59. The van der Waals surface area contributed by atoms with Gasteiger partial charge in [-0.15, -0.1) is 11.8 Å². The summed E-state index contributed by atoms with van der Waals surface area (Å²) in [4.78, 5) is 13.8. The molecule has 1 atom stereocenters. The molecule has 1 amide bonds. The Balaban J connectivity index is 1.74. The Kier molecular flexibility index (Phi) is 5.86. The Morgan fingerprint density at radius 2 is 1.48 bits per heavy atom. The second-order valence-electron chi connectivity index (χ2n) is 5.57. The van der Waals surface area contributed by atoms with E-state index in [1.165, 1.54) is 23.9 Å². The van der Waals surface area contributed by atoms with E-state index in [0.29, 0.717) is 6.54 Å². The predicted octanol–water partition coefficient (Wildman–Crippen LogP) is 4.98.